The van der Waals surface area contributed by atoms with E-state index in [4.69, 9.17) is 0 Å². The van der Waals surface area contributed by atoms with Crippen LogP contribution in [0, 0.1) is 12.8 Å². The predicted octanol–water partition coefficient (Wildman–Crippen LogP) is 3.21. The van der Waals surface area contributed by atoms with Crippen molar-refractivity contribution in [3.05, 3.63) is 41.7 Å². The van der Waals surface area contributed by atoms with Gasteiger partial charge in [-0.2, -0.15) is 0 Å². The molecule has 0 saturated carbocycles. The summed E-state index contributed by atoms with van der Waals surface area (Å²) in [5, 5.41) is 9.25. The molecule has 0 spiro atoms. The Morgan fingerprint density at radius 2 is 2.16 bits per heavy atom. The Hall–Kier alpha value is -2.10. The third-order valence-electron chi connectivity index (χ3n) is 3.07. The van der Waals surface area contributed by atoms with Gasteiger partial charge in [-0.25, -0.2) is 4.79 Å². The molecule has 1 N–H and O–H groups in total. The number of aromatic nitrogens is 2. The molecule has 0 bridgehead atoms. The maximum atomic E-state index is 11.3. The highest BCUT2D eigenvalue weighted by Crippen LogP contribution is 2.25. The average molecular weight is 258 g/mol. The van der Waals surface area contributed by atoms with Crippen LogP contribution in [0.15, 0.2) is 30.5 Å². The van der Waals surface area contributed by atoms with Gasteiger partial charge in [0, 0.05) is 18.4 Å². The molecule has 0 atom stereocenters. The number of aromatic carboxylic acids is 1. The van der Waals surface area contributed by atoms with Crippen LogP contribution < -0.4 is 0 Å². The molecule has 0 aliphatic heterocycles. The minimum atomic E-state index is -0.891. The van der Waals surface area contributed by atoms with E-state index in [1.807, 2.05) is 29.7 Å². The van der Waals surface area contributed by atoms with Crippen LogP contribution in [-0.2, 0) is 6.54 Å². The van der Waals surface area contributed by atoms with Crippen LogP contribution in [0.3, 0.4) is 0 Å². The van der Waals surface area contributed by atoms with Gasteiger partial charge < -0.3 is 9.67 Å². The first kappa shape index (κ1) is 13.3. The summed E-state index contributed by atoms with van der Waals surface area (Å²) in [7, 11) is 0. The fourth-order valence-corrected chi connectivity index (χ4v) is 2.19. The third kappa shape index (κ3) is 2.67. The first-order chi connectivity index (χ1) is 9.00. The van der Waals surface area contributed by atoms with Gasteiger partial charge in [0.15, 0.2) is 0 Å². The molecule has 19 heavy (non-hydrogen) atoms. The second-order valence-electron chi connectivity index (χ2n) is 5.05. The number of carboxylic acids is 1. The molecule has 0 fully saturated rings. The van der Waals surface area contributed by atoms with Crippen molar-refractivity contribution in [2.75, 3.05) is 0 Å². The van der Waals surface area contributed by atoms with E-state index >= 15 is 0 Å². The van der Waals surface area contributed by atoms with E-state index in [9.17, 15) is 9.90 Å². The quantitative estimate of drug-likeness (QED) is 0.916. The van der Waals surface area contributed by atoms with Gasteiger partial charge >= 0.3 is 5.97 Å². The van der Waals surface area contributed by atoms with Crippen molar-refractivity contribution in [3.8, 4) is 11.4 Å². The van der Waals surface area contributed by atoms with Crippen LogP contribution in [0.1, 0.15) is 29.9 Å². The predicted molar refractivity (Wildman–Crippen MR) is 74.2 cm³/mol. The first-order valence-corrected chi connectivity index (χ1v) is 6.35. The summed E-state index contributed by atoms with van der Waals surface area (Å²) in [6.45, 7) is 6.85. The van der Waals surface area contributed by atoms with Crippen molar-refractivity contribution in [1.29, 1.82) is 0 Å². The normalized spacial score (nSPS) is 10.9. The number of rotatable bonds is 4. The van der Waals surface area contributed by atoms with Gasteiger partial charge in [-0.15, -0.1) is 0 Å². The lowest BCUT2D eigenvalue weighted by Crippen LogP contribution is -2.09. The third-order valence-corrected chi connectivity index (χ3v) is 3.07. The number of carboxylic acid groups (broad SMARTS) is 1. The fraction of sp³-hybridized carbons (Fsp3) is 0.333. The first-order valence-electron chi connectivity index (χ1n) is 6.35. The van der Waals surface area contributed by atoms with Crippen LogP contribution in [0.2, 0.25) is 0 Å². The second kappa shape index (κ2) is 5.26. The lowest BCUT2D eigenvalue weighted by atomic mass is 10.2. The van der Waals surface area contributed by atoms with Crippen molar-refractivity contribution in [1.82, 2.24) is 9.55 Å². The molecule has 4 nitrogen and oxygen atoms in total. The molecule has 0 aromatic carbocycles. The van der Waals surface area contributed by atoms with E-state index in [1.54, 1.807) is 12.3 Å². The molecule has 0 amide bonds. The van der Waals surface area contributed by atoms with E-state index in [-0.39, 0.29) is 0 Å². The average Bonchev–Trinajstić information content (AvgIpc) is 2.68. The Bertz CT molecular complexity index is 586. The molecule has 2 aromatic heterocycles. The number of hydrogen-bond acceptors (Lipinski definition) is 2. The van der Waals surface area contributed by atoms with Crippen LogP contribution >= 0.6 is 0 Å². The van der Waals surface area contributed by atoms with E-state index < -0.39 is 5.97 Å². The van der Waals surface area contributed by atoms with Gasteiger partial charge in [0.1, 0.15) is 0 Å². The van der Waals surface area contributed by atoms with Crippen LogP contribution in [0.5, 0.6) is 0 Å². The summed E-state index contributed by atoms with van der Waals surface area (Å²) >= 11 is 0. The van der Waals surface area contributed by atoms with Crippen LogP contribution in [-0.4, -0.2) is 20.6 Å². The fourth-order valence-electron chi connectivity index (χ4n) is 2.19. The molecular formula is C15H18N2O2. The monoisotopic (exact) mass is 258 g/mol. The molecule has 100 valence electrons. The highest BCUT2D eigenvalue weighted by molar-refractivity contribution is 5.91. The van der Waals surface area contributed by atoms with E-state index in [0.717, 1.165) is 23.6 Å². The zero-order valence-electron chi connectivity index (χ0n) is 11.4. The molecule has 2 aromatic rings. The minimum absolute atomic E-state index is 0.348. The zero-order valence-corrected chi connectivity index (χ0v) is 11.4. The molecule has 4 heteroatoms. The maximum Gasteiger partial charge on any atom is 0.337 e. The Kier molecular flexibility index (Phi) is 3.69. The Morgan fingerprint density at radius 3 is 2.68 bits per heavy atom. The van der Waals surface area contributed by atoms with Crippen LogP contribution in [0.4, 0.5) is 0 Å². The molecule has 0 saturated heterocycles. The summed E-state index contributed by atoms with van der Waals surface area (Å²) in [4.78, 5) is 15.6. The van der Waals surface area contributed by atoms with Crippen LogP contribution in [0.25, 0.3) is 11.4 Å². The lowest BCUT2D eigenvalue weighted by Gasteiger charge is -2.13. The molecule has 0 aliphatic rings. The second-order valence-corrected chi connectivity index (χ2v) is 5.05. The van der Waals surface area contributed by atoms with Gasteiger partial charge in [-0.3, -0.25) is 4.98 Å². The summed E-state index contributed by atoms with van der Waals surface area (Å²) in [6.07, 6.45) is 1.72. The molecule has 0 radical (unpaired) electrons. The van der Waals surface area contributed by atoms with Crippen molar-refractivity contribution in [3.63, 3.8) is 0 Å². The highest BCUT2D eigenvalue weighted by Gasteiger charge is 2.18. The van der Waals surface area contributed by atoms with Crippen molar-refractivity contribution in [2.45, 2.75) is 27.3 Å². The smallest absolute Gasteiger partial charge is 0.337 e. The number of nitrogens with zero attached hydrogens (tertiary/aromatic N) is 2. The van der Waals surface area contributed by atoms with Gasteiger partial charge in [0.25, 0.3) is 0 Å². The Labute approximate surface area is 112 Å². The molecule has 0 aliphatic carbocycles. The van der Waals surface area contributed by atoms with E-state index in [0.29, 0.717) is 11.5 Å². The minimum Gasteiger partial charge on any atom is -0.478 e. The summed E-state index contributed by atoms with van der Waals surface area (Å²) in [5.74, 6) is -0.451. The maximum absolute atomic E-state index is 11.3. The molecule has 2 heterocycles. The van der Waals surface area contributed by atoms with E-state index in [2.05, 4.69) is 18.8 Å². The van der Waals surface area contributed by atoms with Crippen molar-refractivity contribution < 1.29 is 9.90 Å². The SMILES string of the molecule is Cc1c(C(=O)O)cc(-c2ccccn2)n1CC(C)C. The summed E-state index contributed by atoms with van der Waals surface area (Å²) in [6, 6.07) is 7.37. The number of pyridine rings is 1. The van der Waals surface area contributed by atoms with Crippen molar-refractivity contribution >= 4 is 5.97 Å². The highest BCUT2D eigenvalue weighted by atomic mass is 16.4. The largest absolute Gasteiger partial charge is 0.478 e. The topological polar surface area (TPSA) is 55.1 Å². The molecular weight excluding hydrogens is 240 g/mol. The summed E-state index contributed by atoms with van der Waals surface area (Å²) < 4.78 is 2.04. The Balaban J connectivity index is 2.59. The zero-order chi connectivity index (χ0) is 14.0. The van der Waals surface area contributed by atoms with Gasteiger partial charge in [0.05, 0.1) is 17.0 Å². The van der Waals surface area contributed by atoms with E-state index in [1.165, 1.54) is 0 Å². The summed E-state index contributed by atoms with van der Waals surface area (Å²) in [5.41, 5.74) is 2.80. The van der Waals surface area contributed by atoms with Gasteiger partial charge in [-0.1, -0.05) is 19.9 Å². The Morgan fingerprint density at radius 1 is 1.42 bits per heavy atom. The van der Waals surface area contributed by atoms with Gasteiger partial charge in [0.2, 0.25) is 0 Å². The van der Waals surface area contributed by atoms with Crippen molar-refractivity contribution in [2.24, 2.45) is 5.92 Å². The molecule has 2 rings (SSSR count). The molecule has 0 unspecified atom stereocenters. The number of hydrogen-bond donors (Lipinski definition) is 1. The standard InChI is InChI=1S/C15H18N2O2/c1-10(2)9-17-11(3)12(15(18)19)8-14(17)13-6-4-5-7-16-13/h4-8,10H,9H2,1-3H3,(H,18,19). The number of carbonyl (C=O) groups is 1. The van der Waals surface area contributed by atoms with Gasteiger partial charge in [-0.05, 0) is 31.0 Å². The lowest BCUT2D eigenvalue weighted by molar-refractivity contribution is 0.0696.